The molecule has 0 saturated carbocycles. The van der Waals surface area contributed by atoms with Crippen molar-refractivity contribution in [2.24, 2.45) is 0 Å². The van der Waals surface area contributed by atoms with Gasteiger partial charge in [0.1, 0.15) is 12.7 Å². The monoisotopic (exact) mass is 242 g/mol. The Hall–Kier alpha value is -1.40. The first kappa shape index (κ1) is 12.1. The summed E-state index contributed by atoms with van der Waals surface area (Å²) in [6.45, 7) is 4.21. The van der Waals surface area contributed by atoms with Crippen LogP contribution in [0.15, 0.2) is 12.3 Å². The van der Waals surface area contributed by atoms with Gasteiger partial charge < -0.3 is 19.9 Å². The third-order valence-corrected chi connectivity index (χ3v) is 2.36. The quantitative estimate of drug-likeness (QED) is 0.866. The number of ether oxygens (including phenoxy) is 3. The lowest BCUT2D eigenvalue weighted by atomic mass is 10.4. The maximum Gasteiger partial charge on any atom is 0.252 e. The number of aromatic nitrogens is 1. The largest absolute Gasteiger partial charge is 0.473 e. The molecule has 6 heteroatoms. The highest BCUT2D eigenvalue weighted by Crippen LogP contribution is 2.24. The van der Waals surface area contributed by atoms with Gasteiger partial charge in [0.2, 0.25) is 5.82 Å². The molecule has 1 aromatic rings. The predicted molar refractivity (Wildman–Crippen MR) is 59.0 cm³/mol. The number of nitrogen functional groups attached to an aromatic ring is 1. The second-order valence-corrected chi connectivity index (χ2v) is 4.28. The fourth-order valence-corrected chi connectivity index (χ4v) is 1.56. The Labute approximate surface area is 98.7 Å². The van der Waals surface area contributed by atoms with Crippen molar-refractivity contribution in [1.29, 1.82) is 0 Å². The van der Waals surface area contributed by atoms with Gasteiger partial charge in [0, 0.05) is 6.20 Å². The lowest BCUT2D eigenvalue weighted by Crippen LogP contribution is -2.25. The van der Waals surface area contributed by atoms with Crippen LogP contribution in [0.1, 0.15) is 13.8 Å². The summed E-state index contributed by atoms with van der Waals surface area (Å²) < 4.78 is 29.5. The summed E-state index contributed by atoms with van der Waals surface area (Å²) in [4.78, 5) is 3.76. The van der Waals surface area contributed by atoms with E-state index >= 15 is 0 Å². The number of hydrogen-bond acceptors (Lipinski definition) is 5. The molecule has 1 aliphatic rings. The van der Waals surface area contributed by atoms with Crippen LogP contribution in [0.25, 0.3) is 0 Å². The minimum Gasteiger partial charge on any atom is -0.473 e. The predicted octanol–water partition coefficient (Wildman–Crippen LogP) is 1.33. The third kappa shape index (κ3) is 2.83. The van der Waals surface area contributed by atoms with Crippen LogP contribution < -0.4 is 10.5 Å². The molecular formula is C11H15FN2O3. The Morgan fingerprint density at radius 2 is 2.41 bits per heavy atom. The van der Waals surface area contributed by atoms with E-state index in [1.165, 1.54) is 12.3 Å². The number of pyridine rings is 1. The maximum absolute atomic E-state index is 13.4. The highest BCUT2D eigenvalue weighted by Gasteiger charge is 2.33. The Morgan fingerprint density at radius 3 is 3.06 bits per heavy atom. The lowest BCUT2D eigenvalue weighted by Gasteiger charge is -2.17. The van der Waals surface area contributed by atoms with E-state index in [2.05, 4.69) is 4.98 Å². The Bertz CT molecular complexity index is 412. The summed E-state index contributed by atoms with van der Waals surface area (Å²) >= 11 is 0. The molecule has 0 aromatic carbocycles. The fraction of sp³-hybridized carbons (Fsp3) is 0.545. The molecule has 1 fully saturated rings. The lowest BCUT2D eigenvalue weighted by molar-refractivity contribution is -0.141. The van der Waals surface area contributed by atoms with Crippen LogP contribution in [0.4, 0.5) is 10.1 Å². The summed E-state index contributed by atoms with van der Waals surface area (Å²) in [5, 5.41) is 0. The number of halogens is 1. The fourth-order valence-electron chi connectivity index (χ4n) is 1.56. The molecule has 0 bridgehead atoms. The van der Waals surface area contributed by atoms with Gasteiger partial charge in [-0.1, -0.05) is 0 Å². The van der Waals surface area contributed by atoms with Crippen LogP contribution in [0.3, 0.4) is 0 Å². The molecule has 1 aromatic heterocycles. The van der Waals surface area contributed by atoms with E-state index < -0.39 is 11.6 Å². The first-order chi connectivity index (χ1) is 7.98. The topological polar surface area (TPSA) is 66.6 Å². The van der Waals surface area contributed by atoms with Gasteiger partial charge in [0.15, 0.2) is 5.79 Å². The van der Waals surface area contributed by atoms with Gasteiger partial charge in [-0.2, -0.15) is 4.39 Å². The number of rotatable bonds is 3. The SMILES string of the molecule is CC1(C)OC[C@H](COc2nccc(N)c2F)O1. The average Bonchev–Trinajstić information content (AvgIpc) is 2.61. The number of anilines is 1. The molecule has 17 heavy (non-hydrogen) atoms. The van der Waals surface area contributed by atoms with Crippen molar-refractivity contribution >= 4 is 5.69 Å². The Morgan fingerprint density at radius 1 is 1.65 bits per heavy atom. The number of nitrogens with two attached hydrogens (primary N) is 1. The molecule has 94 valence electrons. The molecule has 0 spiro atoms. The van der Waals surface area contributed by atoms with Crippen LogP contribution in [0.2, 0.25) is 0 Å². The molecular weight excluding hydrogens is 227 g/mol. The van der Waals surface area contributed by atoms with Crippen LogP contribution in [-0.2, 0) is 9.47 Å². The highest BCUT2D eigenvalue weighted by atomic mass is 19.1. The molecule has 2 N–H and O–H groups in total. The van der Waals surface area contributed by atoms with Crippen LogP contribution >= 0.6 is 0 Å². The van der Waals surface area contributed by atoms with E-state index in [4.69, 9.17) is 19.9 Å². The van der Waals surface area contributed by atoms with Crippen molar-refractivity contribution < 1.29 is 18.6 Å². The minimum absolute atomic E-state index is 0.0129. The van der Waals surface area contributed by atoms with E-state index in [0.29, 0.717) is 6.61 Å². The second-order valence-electron chi connectivity index (χ2n) is 4.28. The van der Waals surface area contributed by atoms with Gasteiger partial charge in [0.05, 0.1) is 12.3 Å². The third-order valence-electron chi connectivity index (χ3n) is 2.36. The average molecular weight is 242 g/mol. The molecule has 0 unspecified atom stereocenters. The molecule has 0 aliphatic carbocycles. The van der Waals surface area contributed by atoms with Crippen LogP contribution in [-0.4, -0.2) is 30.1 Å². The van der Waals surface area contributed by atoms with Crippen molar-refractivity contribution in [2.75, 3.05) is 18.9 Å². The van der Waals surface area contributed by atoms with Gasteiger partial charge >= 0.3 is 0 Å². The molecule has 1 aliphatic heterocycles. The summed E-state index contributed by atoms with van der Waals surface area (Å²) in [5.74, 6) is -1.38. The van der Waals surface area contributed by atoms with Gasteiger partial charge in [-0.25, -0.2) is 4.98 Å². The first-order valence-electron chi connectivity index (χ1n) is 5.32. The van der Waals surface area contributed by atoms with E-state index in [1.54, 1.807) is 0 Å². The molecule has 1 saturated heterocycles. The second kappa shape index (κ2) is 4.46. The zero-order chi connectivity index (χ0) is 12.5. The molecule has 1 atom stereocenters. The molecule has 2 rings (SSSR count). The number of nitrogens with zero attached hydrogens (tertiary/aromatic N) is 1. The van der Waals surface area contributed by atoms with Gasteiger partial charge in [-0.3, -0.25) is 0 Å². The minimum atomic E-state index is -0.648. The summed E-state index contributed by atoms with van der Waals surface area (Å²) in [7, 11) is 0. The van der Waals surface area contributed by atoms with Crippen molar-refractivity contribution in [3.8, 4) is 5.88 Å². The van der Waals surface area contributed by atoms with Gasteiger partial charge in [-0.15, -0.1) is 0 Å². The summed E-state index contributed by atoms with van der Waals surface area (Å²) in [6.07, 6.45) is 1.16. The van der Waals surface area contributed by atoms with Crippen LogP contribution in [0, 0.1) is 5.82 Å². The van der Waals surface area contributed by atoms with Crippen molar-refractivity contribution in [3.63, 3.8) is 0 Å². The van der Waals surface area contributed by atoms with E-state index in [-0.39, 0.29) is 24.3 Å². The maximum atomic E-state index is 13.4. The summed E-state index contributed by atoms with van der Waals surface area (Å²) in [6, 6.07) is 1.38. The molecule has 5 nitrogen and oxygen atoms in total. The zero-order valence-corrected chi connectivity index (χ0v) is 9.77. The van der Waals surface area contributed by atoms with Gasteiger partial charge in [-0.05, 0) is 19.9 Å². The molecule has 2 heterocycles. The Balaban J connectivity index is 1.93. The standard InChI is InChI=1S/C11H15FN2O3/c1-11(2)16-6-7(17-11)5-15-10-9(12)8(13)3-4-14-10/h3-4,7H,5-6H2,1-2H3,(H2,13,14)/t7-/m0/s1. The van der Waals surface area contributed by atoms with E-state index in [9.17, 15) is 4.39 Å². The molecule has 0 radical (unpaired) electrons. The van der Waals surface area contributed by atoms with E-state index in [0.717, 1.165) is 0 Å². The highest BCUT2D eigenvalue weighted by molar-refractivity contribution is 5.41. The van der Waals surface area contributed by atoms with Crippen LogP contribution in [0.5, 0.6) is 5.88 Å². The Kier molecular flexibility index (Phi) is 3.17. The normalized spacial score (nSPS) is 22.6. The number of hydrogen-bond donors (Lipinski definition) is 1. The van der Waals surface area contributed by atoms with Crippen molar-refractivity contribution in [3.05, 3.63) is 18.1 Å². The van der Waals surface area contributed by atoms with Crippen molar-refractivity contribution in [1.82, 2.24) is 4.98 Å². The smallest absolute Gasteiger partial charge is 0.252 e. The molecule has 0 amide bonds. The summed E-state index contributed by atoms with van der Waals surface area (Å²) in [5.41, 5.74) is 5.41. The van der Waals surface area contributed by atoms with Crippen molar-refractivity contribution in [2.45, 2.75) is 25.7 Å². The van der Waals surface area contributed by atoms with Gasteiger partial charge in [0.25, 0.3) is 5.88 Å². The van der Waals surface area contributed by atoms with E-state index in [1.807, 2.05) is 13.8 Å². The first-order valence-corrected chi connectivity index (χ1v) is 5.32. The zero-order valence-electron chi connectivity index (χ0n) is 9.77.